The number of hydrogen-bond donors (Lipinski definition) is 0. The summed E-state index contributed by atoms with van der Waals surface area (Å²) < 4.78 is 46.0. The predicted molar refractivity (Wildman–Crippen MR) is 143 cm³/mol. The molecule has 210 valence electrons. The highest BCUT2D eigenvalue weighted by molar-refractivity contribution is 9.13. The molecule has 1 aromatic carbocycles. The number of urea groups is 1. The first-order valence-corrected chi connectivity index (χ1v) is 15.2. The molecule has 2 fully saturated rings. The molecule has 0 saturated carbocycles. The highest BCUT2D eigenvalue weighted by Gasteiger charge is 2.72. The largest absolute Gasteiger partial charge is 0.449 e. The van der Waals surface area contributed by atoms with Gasteiger partial charge in [-0.15, -0.1) is 4.28 Å². The molecular weight excluding hydrogens is 664 g/mol. The van der Waals surface area contributed by atoms with Crippen molar-refractivity contribution in [2.45, 2.75) is 63.0 Å². The van der Waals surface area contributed by atoms with Crippen LogP contribution in [0, 0.1) is 6.92 Å². The summed E-state index contributed by atoms with van der Waals surface area (Å²) in [5.74, 6) is -0.493. The lowest BCUT2D eigenvalue weighted by atomic mass is 9.99. The van der Waals surface area contributed by atoms with Crippen LogP contribution in [0.25, 0.3) is 0 Å². The summed E-state index contributed by atoms with van der Waals surface area (Å²) in [7, 11) is -4.57. The molecule has 0 unspecified atom stereocenters. The van der Waals surface area contributed by atoms with Crippen LogP contribution in [0.1, 0.15) is 49.4 Å². The van der Waals surface area contributed by atoms with E-state index in [9.17, 15) is 22.8 Å². The first kappa shape index (κ1) is 28.1. The summed E-state index contributed by atoms with van der Waals surface area (Å²) in [6.07, 6.45) is -3.12. The number of carbonyl (C=O) groups is 3. The highest BCUT2D eigenvalue weighted by atomic mass is 79.9. The Balaban J connectivity index is 1.72. The van der Waals surface area contributed by atoms with E-state index < -0.39 is 46.1 Å². The van der Waals surface area contributed by atoms with Gasteiger partial charge in [-0.3, -0.25) is 4.79 Å². The van der Waals surface area contributed by atoms with Gasteiger partial charge in [0.1, 0.15) is 10.3 Å². The summed E-state index contributed by atoms with van der Waals surface area (Å²) in [4.78, 5) is 43.1. The van der Waals surface area contributed by atoms with Crippen molar-refractivity contribution in [3.63, 3.8) is 0 Å². The van der Waals surface area contributed by atoms with E-state index in [1.54, 1.807) is 32.0 Å². The van der Waals surface area contributed by atoms with Crippen LogP contribution in [-0.4, -0.2) is 76.9 Å². The molecule has 2 saturated heterocycles. The molecule has 0 radical (unpaired) electrons. The molecule has 1 spiro atoms. The molecular formula is C24H26Br2N4O8S. The number of hydroxylamine groups is 2. The summed E-state index contributed by atoms with van der Waals surface area (Å²) in [6, 6.07) is 6.35. The molecule has 12 nitrogen and oxygen atoms in total. The van der Waals surface area contributed by atoms with Crippen LogP contribution < -0.4 is 0 Å². The van der Waals surface area contributed by atoms with Crippen molar-refractivity contribution in [3.05, 3.63) is 50.7 Å². The van der Waals surface area contributed by atoms with Crippen molar-refractivity contribution in [1.82, 2.24) is 19.4 Å². The number of nitrogens with zero attached hydrogens (tertiary/aromatic N) is 4. The van der Waals surface area contributed by atoms with Crippen molar-refractivity contribution in [2.24, 2.45) is 0 Å². The van der Waals surface area contributed by atoms with E-state index in [1.807, 2.05) is 13.8 Å². The number of halogens is 2. The fourth-order valence-electron chi connectivity index (χ4n) is 5.37. The Bertz CT molecular complexity index is 1460. The number of amides is 4. The number of aromatic nitrogens is 1. The predicted octanol–water partition coefficient (Wildman–Crippen LogP) is 4.38. The van der Waals surface area contributed by atoms with Crippen molar-refractivity contribution in [3.8, 4) is 0 Å². The Morgan fingerprint density at radius 2 is 1.85 bits per heavy atom. The summed E-state index contributed by atoms with van der Waals surface area (Å²) in [5, 5.41) is 0.620. The minimum absolute atomic E-state index is 0.0301. The summed E-state index contributed by atoms with van der Waals surface area (Å²) >= 11 is 6.86. The second kappa shape index (κ2) is 9.87. The van der Waals surface area contributed by atoms with Crippen molar-refractivity contribution >= 4 is 60.0 Å². The number of hydrogen-bond acceptors (Lipinski definition) is 8. The van der Waals surface area contributed by atoms with Crippen LogP contribution in [0.3, 0.4) is 0 Å². The van der Waals surface area contributed by atoms with Gasteiger partial charge in [-0.1, -0.05) is 17.7 Å². The third-order valence-electron chi connectivity index (χ3n) is 6.82. The number of carbonyl (C=O) groups excluding carboxylic acids is 3. The zero-order valence-electron chi connectivity index (χ0n) is 21.5. The standard InChI is InChI=1S/C24H26Br2N4O8S/c1-5-36-23(33)29-21-24(30(22(29)32)38-39(34,35)16-8-6-14(4)7-9-16)11-15(37-13(2)3)12-27(24)20(31)18-10-17(25)19(26)28(18)21/h6-10,13,15,21H,5,11-12H2,1-4H3/t15-,21+,24-/m0/s1. The van der Waals surface area contributed by atoms with Gasteiger partial charge in [0.25, 0.3) is 5.91 Å². The molecule has 4 amide bonds. The smallest absolute Gasteiger partial charge is 0.419 e. The average molecular weight is 690 g/mol. The van der Waals surface area contributed by atoms with Crippen molar-refractivity contribution < 1.29 is 36.6 Å². The number of ether oxygens (including phenoxy) is 2. The fourth-order valence-corrected chi connectivity index (χ4v) is 7.22. The molecule has 39 heavy (non-hydrogen) atoms. The maximum Gasteiger partial charge on any atom is 0.419 e. The van der Waals surface area contributed by atoms with Crippen LogP contribution in [0.5, 0.6) is 0 Å². The normalized spacial score (nSPS) is 24.3. The number of rotatable bonds is 6. The Hall–Kier alpha value is -2.46. The number of benzene rings is 1. The number of imide groups is 1. The minimum atomic E-state index is -4.57. The molecule has 4 heterocycles. The second-order valence-electron chi connectivity index (χ2n) is 9.70. The van der Waals surface area contributed by atoms with Crippen LogP contribution in [0.4, 0.5) is 9.59 Å². The van der Waals surface area contributed by atoms with E-state index in [2.05, 4.69) is 31.9 Å². The maximum absolute atomic E-state index is 14.0. The minimum Gasteiger partial charge on any atom is -0.449 e. The summed E-state index contributed by atoms with van der Waals surface area (Å²) in [5.41, 5.74) is -0.779. The van der Waals surface area contributed by atoms with E-state index in [0.29, 0.717) is 14.1 Å². The van der Waals surface area contributed by atoms with E-state index in [0.717, 1.165) is 10.5 Å². The first-order chi connectivity index (χ1) is 18.3. The van der Waals surface area contributed by atoms with Crippen LogP contribution >= 0.6 is 31.9 Å². The van der Waals surface area contributed by atoms with Gasteiger partial charge in [0, 0.05) is 13.0 Å². The second-order valence-corrected chi connectivity index (χ2v) is 12.8. The lowest BCUT2D eigenvalue weighted by molar-refractivity contribution is -0.146. The first-order valence-electron chi connectivity index (χ1n) is 12.2. The molecule has 5 rings (SSSR count). The molecule has 3 aliphatic rings. The van der Waals surface area contributed by atoms with Gasteiger partial charge in [0.15, 0.2) is 11.8 Å². The van der Waals surface area contributed by atoms with E-state index in [1.165, 1.54) is 21.6 Å². The zero-order valence-corrected chi connectivity index (χ0v) is 25.4. The molecule has 0 bridgehead atoms. The highest BCUT2D eigenvalue weighted by Crippen LogP contribution is 2.55. The lowest BCUT2D eigenvalue weighted by Gasteiger charge is -2.46. The van der Waals surface area contributed by atoms with Gasteiger partial charge in [-0.2, -0.15) is 13.5 Å². The third-order valence-corrected chi connectivity index (χ3v) is 9.96. The fraction of sp³-hybridized carbons (Fsp3) is 0.458. The Kier molecular flexibility index (Phi) is 7.11. The molecule has 3 aliphatic heterocycles. The van der Waals surface area contributed by atoms with E-state index in [-0.39, 0.29) is 36.3 Å². The Morgan fingerprint density at radius 3 is 2.46 bits per heavy atom. The quantitative estimate of drug-likeness (QED) is 0.437. The monoisotopic (exact) mass is 688 g/mol. The summed E-state index contributed by atoms with van der Waals surface area (Å²) in [6.45, 7) is 7.01. The van der Waals surface area contributed by atoms with Crippen molar-refractivity contribution in [2.75, 3.05) is 13.2 Å². The number of fused-ring (bicyclic) bond motifs is 2. The van der Waals surface area contributed by atoms with Crippen LogP contribution in [-0.2, 0) is 23.9 Å². The van der Waals surface area contributed by atoms with Gasteiger partial charge in [0.05, 0.1) is 28.2 Å². The van der Waals surface area contributed by atoms with Gasteiger partial charge in [0.2, 0.25) is 0 Å². The molecule has 0 N–H and O–H groups in total. The van der Waals surface area contributed by atoms with Gasteiger partial charge < -0.3 is 18.9 Å². The zero-order chi connectivity index (χ0) is 28.4. The average Bonchev–Trinajstić information content (AvgIpc) is 3.45. The van der Waals surface area contributed by atoms with E-state index >= 15 is 0 Å². The molecule has 0 aliphatic carbocycles. The molecule has 1 aromatic heterocycles. The lowest BCUT2D eigenvalue weighted by Crippen LogP contribution is -2.63. The molecule has 15 heteroatoms. The third kappa shape index (κ3) is 4.29. The van der Waals surface area contributed by atoms with E-state index in [4.69, 9.17) is 13.8 Å². The van der Waals surface area contributed by atoms with Crippen LogP contribution in [0.15, 0.2) is 44.3 Å². The molecule has 2 aromatic rings. The SMILES string of the molecule is CCOC(=O)N1C(=O)N(OS(=O)(=O)c2ccc(C)cc2)[C@]23C[C@H](OC(C)C)CN2C(=O)c2cc(Br)c(Br)n2[C@H]13. The topological polar surface area (TPSA) is 128 Å². The van der Waals surface area contributed by atoms with Gasteiger partial charge in [-0.25, -0.2) is 14.5 Å². The maximum atomic E-state index is 14.0. The van der Waals surface area contributed by atoms with Gasteiger partial charge >= 0.3 is 22.2 Å². The van der Waals surface area contributed by atoms with Crippen LogP contribution in [0.2, 0.25) is 0 Å². The molecule has 3 atom stereocenters. The van der Waals surface area contributed by atoms with Gasteiger partial charge in [-0.05, 0) is 77.8 Å². The Labute approximate surface area is 242 Å². The number of aryl methyl sites for hydroxylation is 1. The van der Waals surface area contributed by atoms with Crippen molar-refractivity contribution in [1.29, 1.82) is 0 Å². The Morgan fingerprint density at radius 1 is 1.18 bits per heavy atom.